The number of ether oxygens (including phenoxy) is 2. The number of hydrogen-bond acceptors (Lipinski definition) is 4. The van der Waals surface area contributed by atoms with E-state index in [1.807, 2.05) is 0 Å². The predicted molar refractivity (Wildman–Crippen MR) is 66.2 cm³/mol. The van der Waals surface area contributed by atoms with Crippen molar-refractivity contribution in [2.45, 2.75) is 17.7 Å². The lowest BCUT2D eigenvalue weighted by atomic mass is 10.2. The summed E-state index contributed by atoms with van der Waals surface area (Å²) in [7, 11) is 0. The van der Waals surface area contributed by atoms with Gasteiger partial charge in [0.05, 0.1) is 19.3 Å². The van der Waals surface area contributed by atoms with Crippen LogP contribution in [0.4, 0.5) is 9.18 Å². The van der Waals surface area contributed by atoms with Gasteiger partial charge < -0.3 is 14.4 Å². The summed E-state index contributed by atoms with van der Waals surface area (Å²) < 4.78 is 22.0. The van der Waals surface area contributed by atoms with Crippen LogP contribution in [0.2, 0.25) is 0 Å². The summed E-state index contributed by atoms with van der Waals surface area (Å²) in [6.07, 6.45) is 1.86. The molecule has 1 rings (SSSR count). The highest BCUT2D eigenvalue weighted by Gasteiger charge is 2.34. The van der Waals surface area contributed by atoms with E-state index in [4.69, 9.17) is 9.47 Å². The van der Waals surface area contributed by atoms with Gasteiger partial charge in [0.2, 0.25) is 0 Å². The summed E-state index contributed by atoms with van der Waals surface area (Å²) in [5.41, 5.74) is 0. The maximum atomic E-state index is 11.9. The maximum Gasteiger partial charge on any atom is 0.410 e. The van der Waals surface area contributed by atoms with Crippen molar-refractivity contribution in [2.75, 3.05) is 33.0 Å². The van der Waals surface area contributed by atoms with Gasteiger partial charge in [0, 0.05) is 11.8 Å². The molecule has 0 aromatic carbocycles. The maximum absolute atomic E-state index is 11.9. The molecular weight excluding hydrogens is 245 g/mol. The molecule has 0 aliphatic carbocycles. The summed E-state index contributed by atoms with van der Waals surface area (Å²) in [5.74, 6) is 0. The molecule has 0 radical (unpaired) electrons. The molecule has 0 bridgehead atoms. The minimum Gasteiger partial charge on any atom is -0.445 e. The van der Waals surface area contributed by atoms with E-state index in [9.17, 15) is 9.18 Å². The van der Waals surface area contributed by atoms with Crippen molar-refractivity contribution >= 4 is 18.7 Å². The Morgan fingerprint density at radius 3 is 3.06 bits per heavy atom. The van der Waals surface area contributed by atoms with Crippen molar-refractivity contribution < 1.29 is 18.7 Å². The largest absolute Gasteiger partial charge is 0.445 e. The lowest BCUT2D eigenvalue weighted by Gasteiger charge is -2.23. The van der Waals surface area contributed by atoms with E-state index < -0.39 is 12.8 Å². The molecule has 0 N–H and O–H groups in total. The number of carbonyl (C=O) groups excluding carboxylic acids is 1. The fourth-order valence-corrected chi connectivity index (χ4v) is 2.18. The molecule has 2 atom stereocenters. The van der Waals surface area contributed by atoms with Crippen LogP contribution < -0.4 is 0 Å². The monoisotopic (exact) mass is 263 g/mol. The first-order valence-corrected chi connectivity index (χ1v) is 6.06. The molecule has 6 heteroatoms. The topological polar surface area (TPSA) is 38.8 Å². The average molecular weight is 263 g/mol. The van der Waals surface area contributed by atoms with Gasteiger partial charge in [0.1, 0.15) is 13.3 Å². The van der Waals surface area contributed by atoms with Gasteiger partial charge in [-0.15, -0.1) is 0 Å². The number of nitrogens with zero attached hydrogens (tertiary/aromatic N) is 1. The third kappa shape index (κ3) is 4.55. The fraction of sp³-hybridized carbons (Fsp3) is 0.727. The Labute approximate surface area is 106 Å². The van der Waals surface area contributed by atoms with Crippen molar-refractivity contribution in [2.24, 2.45) is 0 Å². The van der Waals surface area contributed by atoms with Gasteiger partial charge >= 0.3 is 6.09 Å². The molecule has 0 spiro atoms. The Bertz CT molecular complexity index is 265. The van der Waals surface area contributed by atoms with Crippen LogP contribution >= 0.6 is 12.6 Å². The Kier molecular flexibility index (Phi) is 6.36. The van der Waals surface area contributed by atoms with Gasteiger partial charge in [-0.2, -0.15) is 12.6 Å². The Morgan fingerprint density at radius 2 is 2.41 bits per heavy atom. The van der Waals surface area contributed by atoms with E-state index in [1.165, 1.54) is 6.08 Å². The van der Waals surface area contributed by atoms with Crippen molar-refractivity contribution in [3.8, 4) is 0 Å². The first-order chi connectivity index (χ1) is 8.19. The van der Waals surface area contributed by atoms with E-state index >= 15 is 0 Å². The van der Waals surface area contributed by atoms with Gasteiger partial charge in [0.25, 0.3) is 0 Å². The molecule has 1 amide bonds. The van der Waals surface area contributed by atoms with Crippen molar-refractivity contribution in [3.05, 3.63) is 12.7 Å². The van der Waals surface area contributed by atoms with E-state index in [-0.39, 0.29) is 24.5 Å². The minimum absolute atomic E-state index is 0.0588. The first-order valence-electron chi connectivity index (χ1n) is 5.55. The predicted octanol–water partition coefficient (Wildman–Crippen LogP) is 1.67. The molecule has 0 saturated carbocycles. The number of amides is 1. The molecule has 98 valence electrons. The van der Waals surface area contributed by atoms with Gasteiger partial charge in [-0.1, -0.05) is 12.7 Å². The molecule has 1 aliphatic heterocycles. The van der Waals surface area contributed by atoms with E-state index in [0.29, 0.717) is 13.2 Å². The van der Waals surface area contributed by atoms with Gasteiger partial charge in [-0.05, 0) is 6.42 Å². The second kappa shape index (κ2) is 7.55. The third-order valence-corrected chi connectivity index (χ3v) is 2.86. The average Bonchev–Trinajstić information content (AvgIpc) is 2.68. The molecule has 0 aromatic rings. The lowest BCUT2D eigenvalue weighted by molar-refractivity contribution is 0.0569. The number of likely N-dealkylation sites (tertiary alicyclic amines) is 1. The minimum atomic E-state index is -0.516. The third-order valence-electron chi connectivity index (χ3n) is 2.48. The number of alkyl halides is 1. The number of hydrogen-bond donors (Lipinski definition) is 1. The van der Waals surface area contributed by atoms with Gasteiger partial charge in [-0.25, -0.2) is 9.18 Å². The van der Waals surface area contributed by atoms with Gasteiger partial charge in [-0.3, -0.25) is 0 Å². The quantitative estimate of drug-likeness (QED) is 0.450. The second-order valence-corrected chi connectivity index (χ2v) is 4.56. The van der Waals surface area contributed by atoms with Crippen LogP contribution in [-0.2, 0) is 9.47 Å². The Balaban J connectivity index is 2.43. The summed E-state index contributed by atoms with van der Waals surface area (Å²) in [6.45, 7) is 4.06. The molecule has 17 heavy (non-hydrogen) atoms. The van der Waals surface area contributed by atoms with Crippen LogP contribution in [0.15, 0.2) is 12.7 Å². The van der Waals surface area contributed by atoms with Crippen molar-refractivity contribution in [1.82, 2.24) is 4.90 Å². The van der Waals surface area contributed by atoms with Crippen LogP contribution in [0.1, 0.15) is 6.42 Å². The van der Waals surface area contributed by atoms with Crippen LogP contribution in [0.25, 0.3) is 0 Å². The zero-order valence-corrected chi connectivity index (χ0v) is 10.6. The molecule has 1 aliphatic rings. The van der Waals surface area contributed by atoms with Gasteiger partial charge in [0.15, 0.2) is 0 Å². The van der Waals surface area contributed by atoms with Crippen LogP contribution in [0, 0.1) is 0 Å². The molecule has 1 heterocycles. The molecule has 4 nitrogen and oxygen atoms in total. The number of thiol groups is 1. The van der Waals surface area contributed by atoms with E-state index in [0.717, 1.165) is 6.42 Å². The van der Waals surface area contributed by atoms with E-state index in [2.05, 4.69) is 19.2 Å². The summed E-state index contributed by atoms with van der Waals surface area (Å²) in [5, 5.41) is 0.116. The number of carbonyl (C=O) groups is 1. The Hall–Kier alpha value is -0.750. The number of rotatable bonds is 6. The molecule has 0 aromatic heterocycles. The standard InChI is InChI=1S/C11H18FNO3S/c1-2-4-16-11(14)13-7-10(17)6-9(13)8-15-5-3-12/h2,9-10,17H,1,3-8H2. The van der Waals surface area contributed by atoms with E-state index in [1.54, 1.807) is 4.90 Å². The number of halogens is 1. The zero-order chi connectivity index (χ0) is 12.7. The van der Waals surface area contributed by atoms with Crippen molar-refractivity contribution in [3.63, 3.8) is 0 Å². The second-order valence-electron chi connectivity index (χ2n) is 3.83. The molecule has 1 fully saturated rings. The highest BCUT2D eigenvalue weighted by molar-refractivity contribution is 7.81. The Morgan fingerprint density at radius 1 is 1.65 bits per heavy atom. The van der Waals surface area contributed by atoms with Crippen LogP contribution in [-0.4, -0.2) is 55.3 Å². The van der Waals surface area contributed by atoms with Crippen LogP contribution in [0.5, 0.6) is 0 Å². The zero-order valence-electron chi connectivity index (χ0n) is 9.68. The lowest BCUT2D eigenvalue weighted by Crippen LogP contribution is -2.39. The van der Waals surface area contributed by atoms with Crippen molar-refractivity contribution in [1.29, 1.82) is 0 Å². The fourth-order valence-electron chi connectivity index (χ4n) is 1.76. The summed E-state index contributed by atoms with van der Waals surface area (Å²) >= 11 is 4.34. The SMILES string of the molecule is C=CCOC(=O)N1CC(S)CC1COCCF. The highest BCUT2D eigenvalue weighted by atomic mass is 32.1. The highest BCUT2D eigenvalue weighted by Crippen LogP contribution is 2.22. The normalized spacial score (nSPS) is 23.8. The molecule has 1 saturated heterocycles. The summed E-state index contributed by atoms with van der Waals surface area (Å²) in [6, 6.07) is -0.0821. The summed E-state index contributed by atoms with van der Waals surface area (Å²) in [4.78, 5) is 13.3. The molecular formula is C11H18FNO3S. The first kappa shape index (κ1) is 14.3. The van der Waals surface area contributed by atoms with Crippen LogP contribution in [0.3, 0.4) is 0 Å². The smallest absolute Gasteiger partial charge is 0.410 e. The molecule has 2 unspecified atom stereocenters.